The lowest BCUT2D eigenvalue weighted by Crippen LogP contribution is -2.43. The van der Waals surface area contributed by atoms with Gasteiger partial charge in [0.25, 0.3) is 11.1 Å². The Bertz CT molecular complexity index is 1670. The Morgan fingerprint density at radius 1 is 1.00 bits per heavy atom. The van der Waals surface area contributed by atoms with E-state index in [2.05, 4.69) is 4.98 Å². The van der Waals surface area contributed by atoms with Crippen molar-refractivity contribution in [1.82, 2.24) is 18.7 Å². The second-order valence-electron chi connectivity index (χ2n) is 9.33. The van der Waals surface area contributed by atoms with Crippen LogP contribution in [-0.4, -0.2) is 42.9 Å². The van der Waals surface area contributed by atoms with Crippen LogP contribution in [0.25, 0.3) is 10.9 Å². The number of para-hydroxylation sites is 1. The molecule has 0 radical (unpaired) electrons. The molecule has 0 saturated heterocycles. The fourth-order valence-corrected chi connectivity index (χ4v) is 5.06. The predicted molar refractivity (Wildman–Crippen MR) is 153 cm³/mol. The van der Waals surface area contributed by atoms with Crippen LogP contribution in [0.2, 0.25) is 0 Å². The molecule has 10 nitrogen and oxygen atoms in total. The first-order chi connectivity index (χ1) is 18.7. The van der Waals surface area contributed by atoms with Gasteiger partial charge >= 0.3 is 5.69 Å². The third kappa shape index (κ3) is 6.21. The second-order valence-corrected chi connectivity index (χ2v) is 10.3. The van der Waals surface area contributed by atoms with Gasteiger partial charge in [0.1, 0.15) is 11.4 Å². The molecule has 0 aliphatic rings. The summed E-state index contributed by atoms with van der Waals surface area (Å²) in [6.45, 7) is 4.81. The standard InChI is InChI=1S/C28H31N5O5S/c1-18(2)38-15-9-14-32-25(35)20-12-7-8-13-21(20)30-27(32)39-17-22(34)23-24(29)33(28(37)31(3)26(23)36)16-19-10-5-4-6-11-19/h4-8,10-13,18H,9,14-17,29H2,1-3H3. The zero-order chi connectivity index (χ0) is 28.1. The molecule has 2 aromatic carbocycles. The molecule has 11 heteroatoms. The summed E-state index contributed by atoms with van der Waals surface area (Å²) in [5, 5.41) is 0.827. The summed E-state index contributed by atoms with van der Waals surface area (Å²) in [5.41, 5.74) is 5.70. The normalized spacial score (nSPS) is 11.4. The highest BCUT2D eigenvalue weighted by Gasteiger charge is 2.23. The average molecular weight is 550 g/mol. The maximum absolute atomic E-state index is 13.4. The first-order valence-corrected chi connectivity index (χ1v) is 13.6. The summed E-state index contributed by atoms with van der Waals surface area (Å²) in [4.78, 5) is 57.0. The van der Waals surface area contributed by atoms with Gasteiger partial charge in [-0.05, 0) is 38.0 Å². The van der Waals surface area contributed by atoms with Gasteiger partial charge in [-0.3, -0.25) is 28.1 Å². The van der Waals surface area contributed by atoms with E-state index in [0.29, 0.717) is 35.6 Å². The number of nitrogen functional groups attached to an aromatic ring is 1. The van der Waals surface area contributed by atoms with Crippen molar-refractivity contribution < 1.29 is 9.53 Å². The lowest BCUT2D eigenvalue weighted by molar-refractivity contribution is 0.0743. The number of aromatic nitrogens is 4. The van der Waals surface area contributed by atoms with Crippen LogP contribution < -0.4 is 22.5 Å². The first kappa shape index (κ1) is 28.1. The van der Waals surface area contributed by atoms with Crippen molar-refractivity contribution >= 4 is 34.3 Å². The molecule has 0 aliphatic carbocycles. The van der Waals surface area contributed by atoms with E-state index in [-0.39, 0.29) is 35.3 Å². The molecule has 0 atom stereocenters. The van der Waals surface area contributed by atoms with Gasteiger partial charge < -0.3 is 10.5 Å². The minimum Gasteiger partial charge on any atom is -0.384 e. The van der Waals surface area contributed by atoms with Gasteiger partial charge in [0.15, 0.2) is 10.9 Å². The predicted octanol–water partition coefficient (Wildman–Crippen LogP) is 2.68. The zero-order valence-electron chi connectivity index (χ0n) is 22.1. The van der Waals surface area contributed by atoms with Gasteiger partial charge in [0.05, 0.1) is 29.3 Å². The van der Waals surface area contributed by atoms with Gasteiger partial charge in [-0.15, -0.1) is 0 Å². The Morgan fingerprint density at radius 3 is 2.41 bits per heavy atom. The number of ketones is 1. The third-order valence-corrected chi connectivity index (χ3v) is 7.16. The molecule has 2 heterocycles. The molecule has 204 valence electrons. The van der Waals surface area contributed by atoms with Crippen molar-refractivity contribution in [1.29, 1.82) is 0 Å². The Labute approximate surface area is 229 Å². The van der Waals surface area contributed by atoms with Crippen LogP contribution >= 0.6 is 11.8 Å². The molecule has 4 aromatic rings. The number of hydrogen-bond donors (Lipinski definition) is 1. The number of fused-ring (bicyclic) bond motifs is 1. The molecule has 2 aromatic heterocycles. The van der Waals surface area contributed by atoms with Crippen molar-refractivity contribution in [3.8, 4) is 0 Å². The van der Waals surface area contributed by atoms with Crippen LogP contribution in [0, 0.1) is 0 Å². The Balaban J connectivity index is 1.65. The van der Waals surface area contributed by atoms with Crippen molar-refractivity contribution in [3.05, 3.63) is 96.9 Å². The molecular formula is C28H31N5O5S. The molecule has 39 heavy (non-hydrogen) atoms. The number of anilines is 1. The highest BCUT2D eigenvalue weighted by atomic mass is 32.2. The van der Waals surface area contributed by atoms with Gasteiger partial charge in [-0.1, -0.05) is 54.2 Å². The van der Waals surface area contributed by atoms with Crippen LogP contribution in [0.3, 0.4) is 0 Å². The molecule has 0 amide bonds. The highest BCUT2D eigenvalue weighted by Crippen LogP contribution is 2.20. The minimum atomic E-state index is -0.762. The fourth-order valence-electron chi connectivity index (χ4n) is 4.16. The summed E-state index contributed by atoms with van der Waals surface area (Å²) in [6, 6.07) is 16.2. The SMILES string of the molecule is CC(C)OCCCn1c(SCC(=O)c2c(N)n(Cc3ccccc3)c(=O)n(C)c2=O)nc2ccccc2c1=O. The monoisotopic (exact) mass is 549 g/mol. The summed E-state index contributed by atoms with van der Waals surface area (Å²) in [5.74, 6) is -0.944. The molecule has 0 spiro atoms. The van der Waals surface area contributed by atoms with Gasteiger partial charge in [-0.25, -0.2) is 9.78 Å². The number of nitrogens with two attached hydrogens (primary N) is 1. The van der Waals surface area contributed by atoms with Crippen LogP contribution in [0.4, 0.5) is 5.82 Å². The number of benzene rings is 2. The van der Waals surface area contributed by atoms with E-state index in [1.807, 2.05) is 44.2 Å². The molecule has 0 unspecified atom stereocenters. The largest absolute Gasteiger partial charge is 0.384 e. The van der Waals surface area contributed by atoms with Crippen molar-refractivity contribution in [2.75, 3.05) is 18.1 Å². The molecule has 0 saturated carbocycles. The third-order valence-electron chi connectivity index (χ3n) is 6.18. The van der Waals surface area contributed by atoms with Crippen LogP contribution in [-0.2, 0) is 24.9 Å². The summed E-state index contributed by atoms with van der Waals surface area (Å²) in [7, 11) is 1.32. The van der Waals surface area contributed by atoms with Crippen LogP contribution in [0.15, 0.2) is 74.1 Å². The number of ether oxygens (including phenoxy) is 1. The molecular weight excluding hydrogens is 518 g/mol. The minimum absolute atomic E-state index is 0.0705. The van der Waals surface area contributed by atoms with Crippen LogP contribution in [0.5, 0.6) is 0 Å². The number of thioether (sulfide) groups is 1. The van der Waals surface area contributed by atoms with Crippen molar-refractivity contribution in [2.45, 2.75) is 44.6 Å². The Kier molecular flexibility index (Phi) is 8.82. The van der Waals surface area contributed by atoms with Gasteiger partial charge in [0.2, 0.25) is 0 Å². The van der Waals surface area contributed by atoms with Crippen LogP contribution in [0.1, 0.15) is 36.2 Å². The topological polar surface area (TPSA) is 131 Å². The average Bonchev–Trinajstić information content (AvgIpc) is 2.92. The molecule has 4 rings (SSSR count). The number of carbonyl (C=O) groups excluding carboxylic acids is 1. The summed E-state index contributed by atoms with van der Waals surface area (Å²) in [6.07, 6.45) is 0.651. The van der Waals surface area contributed by atoms with E-state index in [9.17, 15) is 19.2 Å². The molecule has 2 N–H and O–H groups in total. The quantitative estimate of drug-likeness (QED) is 0.131. The molecule has 0 aliphatic heterocycles. The van der Waals surface area contributed by atoms with E-state index in [4.69, 9.17) is 10.5 Å². The Hall–Kier alpha value is -3.96. The maximum Gasteiger partial charge on any atom is 0.332 e. The fraction of sp³-hybridized carbons (Fsp3) is 0.321. The number of carbonyl (C=O) groups is 1. The van der Waals surface area contributed by atoms with E-state index in [0.717, 1.165) is 21.9 Å². The molecule has 0 fully saturated rings. The van der Waals surface area contributed by atoms with Crippen molar-refractivity contribution in [2.24, 2.45) is 7.05 Å². The maximum atomic E-state index is 13.4. The molecule has 0 bridgehead atoms. The summed E-state index contributed by atoms with van der Waals surface area (Å²) < 4.78 is 9.24. The number of nitrogens with zero attached hydrogens (tertiary/aromatic N) is 4. The van der Waals surface area contributed by atoms with Crippen molar-refractivity contribution in [3.63, 3.8) is 0 Å². The van der Waals surface area contributed by atoms with E-state index < -0.39 is 17.0 Å². The van der Waals surface area contributed by atoms with Gasteiger partial charge in [-0.2, -0.15) is 0 Å². The first-order valence-electron chi connectivity index (χ1n) is 12.6. The smallest absolute Gasteiger partial charge is 0.332 e. The van der Waals surface area contributed by atoms with E-state index in [1.54, 1.807) is 24.3 Å². The number of rotatable bonds is 11. The Morgan fingerprint density at radius 2 is 1.69 bits per heavy atom. The second kappa shape index (κ2) is 12.3. The summed E-state index contributed by atoms with van der Waals surface area (Å²) >= 11 is 1.05. The highest BCUT2D eigenvalue weighted by molar-refractivity contribution is 7.99. The van der Waals surface area contributed by atoms with Gasteiger partial charge in [0, 0.05) is 20.2 Å². The number of hydrogen-bond acceptors (Lipinski definition) is 8. The van der Waals surface area contributed by atoms with E-state index >= 15 is 0 Å². The lowest BCUT2D eigenvalue weighted by atomic mass is 10.2. The zero-order valence-corrected chi connectivity index (χ0v) is 22.9. The lowest BCUT2D eigenvalue weighted by Gasteiger charge is -2.16. The van der Waals surface area contributed by atoms with E-state index in [1.165, 1.54) is 16.2 Å². The number of Topliss-reactive ketones (excluding diaryl/α,β-unsaturated/α-hetero) is 1.